The van der Waals surface area contributed by atoms with Crippen molar-refractivity contribution >= 4 is 18.7 Å². The SMILES string of the molecule is CCOC(=O)c1cc(B(O)O)n(CC2CCCCC2)c1C. The highest BCUT2D eigenvalue weighted by Crippen LogP contribution is 2.26. The molecule has 0 unspecified atom stereocenters. The van der Waals surface area contributed by atoms with Gasteiger partial charge in [0.15, 0.2) is 0 Å². The van der Waals surface area contributed by atoms with E-state index in [9.17, 15) is 14.8 Å². The van der Waals surface area contributed by atoms with Gasteiger partial charge in [-0.25, -0.2) is 4.79 Å². The van der Waals surface area contributed by atoms with Gasteiger partial charge in [-0.1, -0.05) is 19.3 Å². The molecule has 6 heteroatoms. The summed E-state index contributed by atoms with van der Waals surface area (Å²) in [4.78, 5) is 11.9. The van der Waals surface area contributed by atoms with Crippen LogP contribution in [0.4, 0.5) is 0 Å². The fraction of sp³-hybridized carbons (Fsp3) is 0.667. The minimum Gasteiger partial charge on any atom is -0.462 e. The summed E-state index contributed by atoms with van der Waals surface area (Å²) < 4.78 is 6.90. The second kappa shape index (κ2) is 7.14. The van der Waals surface area contributed by atoms with Crippen molar-refractivity contribution in [3.05, 3.63) is 17.3 Å². The van der Waals surface area contributed by atoms with Crippen molar-refractivity contribution in [3.8, 4) is 0 Å². The zero-order valence-electron chi connectivity index (χ0n) is 12.8. The standard InChI is InChI=1S/C15H24BNO4/c1-3-21-15(18)13-9-14(16(19)20)17(11(13)2)10-12-7-5-4-6-8-12/h9,12,19-20H,3-8,10H2,1-2H3. The fourth-order valence-electron chi connectivity index (χ4n) is 3.17. The number of esters is 1. The second-order valence-corrected chi connectivity index (χ2v) is 5.78. The highest BCUT2D eigenvalue weighted by molar-refractivity contribution is 6.58. The van der Waals surface area contributed by atoms with Gasteiger partial charge in [0.1, 0.15) is 0 Å². The largest absolute Gasteiger partial charge is 0.505 e. The van der Waals surface area contributed by atoms with Gasteiger partial charge in [-0.2, -0.15) is 0 Å². The maximum absolute atomic E-state index is 11.9. The number of hydrogen-bond acceptors (Lipinski definition) is 4. The molecule has 1 aliphatic carbocycles. The first-order valence-corrected chi connectivity index (χ1v) is 7.77. The molecule has 5 nitrogen and oxygen atoms in total. The lowest BCUT2D eigenvalue weighted by atomic mass is 9.84. The van der Waals surface area contributed by atoms with Crippen LogP contribution in [0.5, 0.6) is 0 Å². The van der Waals surface area contributed by atoms with E-state index in [0.29, 0.717) is 23.7 Å². The molecule has 0 saturated heterocycles. The topological polar surface area (TPSA) is 71.7 Å². The highest BCUT2D eigenvalue weighted by Gasteiger charge is 2.26. The van der Waals surface area contributed by atoms with E-state index in [1.807, 2.05) is 11.5 Å². The Hall–Kier alpha value is -1.27. The van der Waals surface area contributed by atoms with Crippen molar-refractivity contribution < 1.29 is 19.6 Å². The summed E-state index contributed by atoms with van der Waals surface area (Å²) >= 11 is 0. The lowest BCUT2D eigenvalue weighted by Crippen LogP contribution is -2.38. The van der Waals surface area contributed by atoms with E-state index in [1.54, 1.807) is 13.0 Å². The first-order valence-electron chi connectivity index (χ1n) is 7.77. The van der Waals surface area contributed by atoms with Gasteiger partial charge in [-0.15, -0.1) is 0 Å². The maximum Gasteiger partial charge on any atom is 0.505 e. The zero-order valence-corrected chi connectivity index (χ0v) is 12.8. The molecule has 0 spiro atoms. The van der Waals surface area contributed by atoms with E-state index in [2.05, 4.69) is 0 Å². The molecule has 0 amide bonds. The summed E-state index contributed by atoms with van der Waals surface area (Å²) in [6, 6.07) is 1.54. The third-order valence-electron chi connectivity index (χ3n) is 4.32. The van der Waals surface area contributed by atoms with E-state index in [4.69, 9.17) is 4.74 Å². The minimum absolute atomic E-state index is 0.309. The molecule has 1 fully saturated rings. The first-order chi connectivity index (χ1) is 10.0. The molecule has 116 valence electrons. The average Bonchev–Trinajstić information content (AvgIpc) is 2.78. The van der Waals surface area contributed by atoms with Gasteiger partial charge >= 0.3 is 13.1 Å². The molecule has 0 bridgehead atoms. The summed E-state index contributed by atoms with van der Waals surface area (Å²) in [5, 5.41) is 19.1. The lowest BCUT2D eigenvalue weighted by molar-refractivity contribution is 0.0525. The van der Waals surface area contributed by atoms with Gasteiger partial charge in [0.05, 0.1) is 12.2 Å². The van der Waals surface area contributed by atoms with Crippen molar-refractivity contribution in [2.45, 2.75) is 52.5 Å². The number of aromatic nitrogens is 1. The van der Waals surface area contributed by atoms with Crippen molar-refractivity contribution in [2.75, 3.05) is 6.61 Å². The molecule has 2 N–H and O–H groups in total. The Labute approximate surface area is 126 Å². The summed E-state index contributed by atoms with van der Waals surface area (Å²) in [7, 11) is -1.57. The molecule has 1 aromatic rings. The first kappa shape index (κ1) is 16.1. The van der Waals surface area contributed by atoms with Gasteiger partial charge in [0.25, 0.3) is 0 Å². The monoisotopic (exact) mass is 293 g/mol. The van der Waals surface area contributed by atoms with Gasteiger partial charge in [0.2, 0.25) is 0 Å². The number of hydrogen-bond donors (Lipinski definition) is 2. The highest BCUT2D eigenvalue weighted by atomic mass is 16.5. The summed E-state index contributed by atoms with van der Waals surface area (Å²) in [5.74, 6) is 0.136. The normalized spacial score (nSPS) is 16.0. The average molecular weight is 293 g/mol. The van der Waals surface area contributed by atoms with Gasteiger partial charge in [0, 0.05) is 17.8 Å². The van der Waals surface area contributed by atoms with E-state index >= 15 is 0 Å². The van der Waals surface area contributed by atoms with Crippen molar-refractivity contribution in [3.63, 3.8) is 0 Å². The van der Waals surface area contributed by atoms with E-state index in [-0.39, 0.29) is 0 Å². The smallest absolute Gasteiger partial charge is 0.462 e. The third kappa shape index (κ3) is 3.68. The predicted molar refractivity (Wildman–Crippen MR) is 81.5 cm³/mol. The van der Waals surface area contributed by atoms with Crippen LogP contribution in [0.15, 0.2) is 6.07 Å². The number of carbonyl (C=O) groups excluding carboxylic acids is 1. The van der Waals surface area contributed by atoms with Crippen LogP contribution in [0.2, 0.25) is 0 Å². The third-order valence-corrected chi connectivity index (χ3v) is 4.32. The molecule has 0 atom stereocenters. The van der Waals surface area contributed by atoms with Crippen LogP contribution in [-0.2, 0) is 11.3 Å². The Morgan fingerprint density at radius 2 is 2.05 bits per heavy atom. The Kier molecular flexibility index (Phi) is 5.48. The molecule has 2 rings (SSSR count). The van der Waals surface area contributed by atoms with E-state index in [1.165, 1.54) is 19.3 Å². The van der Waals surface area contributed by atoms with Crippen LogP contribution in [0.25, 0.3) is 0 Å². The predicted octanol–water partition coefficient (Wildman–Crippen LogP) is 1.23. The molecule has 1 aromatic heterocycles. The molecular formula is C15H24BNO4. The molecule has 1 aliphatic rings. The van der Waals surface area contributed by atoms with Gasteiger partial charge in [-0.05, 0) is 38.7 Å². The molecule has 0 aromatic carbocycles. The van der Waals surface area contributed by atoms with Crippen molar-refractivity contribution in [1.82, 2.24) is 4.57 Å². The van der Waals surface area contributed by atoms with Crippen molar-refractivity contribution in [1.29, 1.82) is 0 Å². The van der Waals surface area contributed by atoms with E-state index < -0.39 is 13.1 Å². The number of rotatable bonds is 5. The van der Waals surface area contributed by atoms with Crippen LogP contribution in [0, 0.1) is 12.8 Å². The number of ether oxygens (including phenoxy) is 1. The van der Waals surface area contributed by atoms with Crippen LogP contribution >= 0.6 is 0 Å². The summed E-state index contributed by atoms with van der Waals surface area (Å²) in [6.45, 7) is 4.64. The number of carbonyl (C=O) groups is 1. The Bertz CT molecular complexity index is 492. The van der Waals surface area contributed by atoms with E-state index in [0.717, 1.165) is 25.1 Å². The Morgan fingerprint density at radius 1 is 1.38 bits per heavy atom. The molecule has 1 saturated carbocycles. The Balaban J connectivity index is 2.26. The molecule has 21 heavy (non-hydrogen) atoms. The molecule has 0 aliphatic heterocycles. The van der Waals surface area contributed by atoms with Crippen LogP contribution in [-0.4, -0.2) is 34.3 Å². The quantitative estimate of drug-likeness (QED) is 0.633. The fourth-order valence-corrected chi connectivity index (χ4v) is 3.17. The van der Waals surface area contributed by atoms with Crippen LogP contribution in [0.1, 0.15) is 55.1 Å². The van der Waals surface area contributed by atoms with Gasteiger partial charge in [-0.3, -0.25) is 0 Å². The van der Waals surface area contributed by atoms with Crippen LogP contribution in [0.3, 0.4) is 0 Å². The number of nitrogens with zero attached hydrogens (tertiary/aromatic N) is 1. The molecular weight excluding hydrogens is 269 g/mol. The molecule has 0 radical (unpaired) electrons. The minimum atomic E-state index is -1.57. The lowest BCUT2D eigenvalue weighted by Gasteiger charge is -2.24. The van der Waals surface area contributed by atoms with Crippen molar-refractivity contribution in [2.24, 2.45) is 5.92 Å². The zero-order chi connectivity index (χ0) is 15.4. The summed E-state index contributed by atoms with van der Waals surface area (Å²) in [5.41, 5.74) is 1.55. The Morgan fingerprint density at radius 3 is 2.62 bits per heavy atom. The summed E-state index contributed by atoms with van der Waals surface area (Å²) in [6.07, 6.45) is 6.06. The maximum atomic E-state index is 11.9. The van der Waals surface area contributed by atoms with Gasteiger partial charge < -0.3 is 19.4 Å². The van der Waals surface area contributed by atoms with Crippen LogP contribution < -0.4 is 5.59 Å². The molecule has 1 heterocycles. The second-order valence-electron chi connectivity index (χ2n) is 5.78.